The molecule has 29 heavy (non-hydrogen) atoms. The lowest BCUT2D eigenvalue weighted by Gasteiger charge is -2.12. The van der Waals surface area contributed by atoms with Crippen molar-refractivity contribution in [1.29, 1.82) is 0 Å². The van der Waals surface area contributed by atoms with Crippen LogP contribution in [-0.4, -0.2) is 44.6 Å². The van der Waals surface area contributed by atoms with Gasteiger partial charge in [-0.1, -0.05) is 6.07 Å². The molecule has 0 radical (unpaired) electrons. The Kier molecular flexibility index (Phi) is 4.78. The zero-order valence-corrected chi connectivity index (χ0v) is 15.7. The van der Waals surface area contributed by atoms with E-state index in [0.717, 1.165) is 11.1 Å². The second kappa shape index (κ2) is 7.55. The van der Waals surface area contributed by atoms with Crippen LogP contribution in [0.3, 0.4) is 0 Å². The molecule has 0 atom stereocenters. The molecule has 4 aromatic rings. The van der Waals surface area contributed by atoms with Gasteiger partial charge in [0.15, 0.2) is 11.2 Å². The zero-order valence-electron chi connectivity index (χ0n) is 15.7. The molecule has 0 saturated carbocycles. The number of fused-ring (bicyclic) bond motifs is 1. The summed E-state index contributed by atoms with van der Waals surface area (Å²) in [6, 6.07) is 7.15. The van der Waals surface area contributed by atoms with E-state index in [1.54, 1.807) is 18.3 Å². The molecule has 0 saturated heterocycles. The molecule has 0 amide bonds. The molecule has 146 valence electrons. The molecule has 9 heteroatoms. The monoisotopic (exact) mass is 391 g/mol. The molecule has 3 heterocycles. The third kappa shape index (κ3) is 3.45. The lowest BCUT2D eigenvalue weighted by molar-refractivity contribution is 0.0600. The van der Waals surface area contributed by atoms with Crippen molar-refractivity contribution in [3.05, 3.63) is 58.9 Å². The first kappa shape index (κ1) is 18.4. The summed E-state index contributed by atoms with van der Waals surface area (Å²) in [5, 5.41) is 0. The van der Waals surface area contributed by atoms with Crippen molar-refractivity contribution >= 4 is 17.1 Å². The minimum atomic E-state index is -0.462. The highest BCUT2D eigenvalue weighted by molar-refractivity contribution is 5.90. The fraction of sp³-hybridized carbons (Fsp3) is 0.150. The Morgan fingerprint density at radius 1 is 1.17 bits per heavy atom. The molecule has 0 aliphatic carbocycles. The summed E-state index contributed by atoms with van der Waals surface area (Å²) >= 11 is 0. The van der Waals surface area contributed by atoms with Gasteiger partial charge in [-0.2, -0.15) is 0 Å². The maximum atomic E-state index is 12.3. The molecule has 0 unspecified atom stereocenters. The number of aromatic nitrogens is 5. The van der Waals surface area contributed by atoms with Crippen LogP contribution in [0, 0.1) is 0 Å². The van der Waals surface area contributed by atoms with Gasteiger partial charge in [0.25, 0.3) is 5.56 Å². The minimum absolute atomic E-state index is 0.244. The van der Waals surface area contributed by atoms with E-state index in [9.17, 15) is 9.59 Å². The first-order valence-corrected chi connectivity index (χ1v) is 8.85. The molecule has 3 aromatic heterocycles. The van der Waals surface area contributed by atoms with Crippen molar-refractivity contribution in [2.75, 3.05) is 13.7 Å². The predicted molar refractivity (Wildman–Crippen MR) is 106 cm³/mol. The van der Waals surface area contributed by atoms with Crippen LogP contribution in [0.5, 0.6) is 5.75 Å². The Labute approximate surface area is 164 Å². The van der Waals surface area contributed by atoms with Crippen molar-refractivity contribution in [3.63, 3.8) is 0 Å². The average molecular weight is 391 g/mol. The van der Waals surface area contributed by atoms with Crippen molar-refractivity contribution in [1.82, 2.24) is 24.9 Å². The van der Waals surface area contributed by atoms with Crippen LogP contribution in [0.25, 0.3) is 33.7 Å². The Bertz CT molecular complexity index is 1260. The van der Waals surface area contributed by atoms with E-state index in [1.165, 1.54) is 19.6 Å². The van der Waals surface area contributed by atoms with Gasteiger partial charge in [0.1, 0.15) is 11.6 Å². The highest BCUT2D eigenvalue weighted by Gasteiger charge is 2.15. The predicted octanol–water partition coefficient (Wildman–Crippen LogP) is 2.56. The molecule has 0 aliphatic rings. The van der Waals surface area contributed by atoms with E-state index in [0.29, 0.717) is 35.0 Å². The topological polar surface area (TPSA) is 123 Å². The zero-order chi connectivity index (χ0) is 20.4. The van der Waals surface area contributed by atoms with Crippen molar-refractivity contribution in [3.8, 4) is 28.3 Å². The van der Waals surface area contributed by atoms with Gasteiger partial charge in [-0.05, 0) is 30.7 Å². The maximum absolute atomic E-state index is 12.3. The Morgan fingerprint density at radius 2 is 2.03 bits per heavy atom. The fourth-order valence-corrected chi connectivity index (χ4v) is 2.97. The summed E-state index contributed by atoms with van der Waals surface area (Å²) in [5.41, 5.74) is 2.79. The molecule has 0 bridgehead atoms. The van der Waals surface area contributed by atoms with Gasteiger partial charge in [0.05, 0.1) is 31.2 Å². The highest BCUT2D eigenvalue weighted by Crippen LogP contribution is 2.33. The lowest BCUT2D eigenvalue weighted by Crippen LogP contribution is -2.10. The van der Waals surface area contributed by atoms with Crippen LogP contribution in [0.15, 0.2) is 47.8 Å². The maximum Gasteiger partial charge on any atom is 0.339 e. The summed E-state index contributed by atoms with van der Waals surface area (Å²) < 4.78 is 10.5. The number of hydrogen-bond acceptors (Lipinski definition) is 7. The van der Waals surface area contributed by atoms with E-state index in [4.69, 9.17) is 9.47 Å². The quantitative estimate of drug-likeness (QED) is 0.501. The molecule has 0 fully saturated rings. The number of nitrogens with one attached hydrogen (secondary N) is 2. The van der Waals surface area contributed by atoms with Gasteiger partial charge in [-0.15, -0.1) is 0 Å². The number of hydrogen-bond donors (Lipinski definition) is 2. The van der Waals surface area contributed by atoms with E-state index in [2.05, 4.69) is 24.9 Å². The second-order valence-corrected chi connectivity index (χ2v) is 6.11. The standard InChI is InChI=1S/C20H17N5O4/c1-3-29-15-7-11(12-6-13(9-21-8-12)20(27)28-2)4-5-14(15)17-24-18-16(19(26)25-17)22-10-23-18/h4-10H,3H2,1-2H3,(H2,22,23,24,25,26). The van der Waals surface area contributed by atoms with E-state index in [-0.39, 0.29) is 11.1 Å². The molecule has 1 aromatic carbocycles. The van der Waals surface area contributed by atoms with Gasteiger partial charge >= 0.3 is 5.97 Å². The number of aromatic amines is 2. The van der Waals surface area contributed by atoms with Crippen LogP contribution >= 0.6 is 0 Å². The average Bonchev–Trinajstić information content (AvgIpc) is 3.23. The lowest BCUT2D eigenvalue weighted by atomic mass is 10.0. The Hall–Kier alpha value is -4.01. The third-order valence-corrected chi connectivity index (χ3v) is 4.32. The van der Waals surface area contributed by atoms with E-state index in [1.807, 2.05) is 19.1 Å². The number of imidazole rings is 1. The minimum Gasteiger partial charge on any atom is -0.493 e. The Morgan fingerprint density at radius 3 is 2.83 bits per heavy atom. The van der Waals surface area contributed by atoms with Gasteiger partial charge in [0.2, 0.25) is 0 Å². The van der Waals surface area contributed by atoms with Crippen LogP contribution in [0.2, 0.25) is 0 Å². The number of pyridine rings is 1. The number of rotatable bonds is 5. The largest absolute Gasteiger partial charge is 0.493 e. The summed E-state index contributed by atoms with van der Waals surface area (Å²) in [6.07, 6.45) is 4.51. The smallest absolute Gasteiger partial charge is 0.339 e. The number of H-pyrrole nitrogens is 2. The van der Waals surface area contributed by atoms with Gasteiger partial charge < -0.3 is 19.4 Å². The fourth-order valence-electron chi connectivity index (χ4n) is 2.97. The van der Waals surface area contributed by atoms with Crippen LogP contribution in [0.1, 0.15) is 17.3 Å². The number of ether oxygens (including phenoxy) is 2. The van der Waals surface area contributed by atoms with Crippen LogP contribution < -0.4 is 10.3 Å². The van der Waals surface area contributed by atoms with Crippen molar-refractivity contribution in [2.24, 2.45) is 0 Å². The van der Waals surface area contributed by atoms with Crippen molar-refractivity contribution < 1.29 is 14.3 Å². The second-order valence-electron chi connectivity index (χ2n) is 6.11. The molecular weight excluding hydrogens is 374 g/mol. The molecule has 0 aliphatic heterocycles. The number of nitrogens with zero attached hydrogens (tertiary/aromatic N) is 3. The number of methoxy groups -OCH3 is 1. The van der Waals surface area contributed by atoms with Gasteiger partial charge in [0, 0.05) is 18.0 Å². The number of esters is 1. The summed E-state index contributed by atoms with van der Waals surface area (Å²) in [6.45, 7) is 2.29. The summed E-state index contributed by atoms with van der Waals surface area (Å²) in [4.78, 5) is 42.1. The first-order valence-electron chi connectivity index (χ1n) is 8.85. The van der Waals surface area contributed by atoms with E-state index >= 15 is 0 Å². The van der Waals surface area contributed by atoms with Gasteiger partial charge in [-0.3, -0.25) is 9.78 Å². The Balaban J connectivity index is 1.81. The van der Waals surface area contributed by atoms with Gasteiger partial charge in [-0.25, -0.2) is 14.8 Å². The normalized spacial score (nSPS) is 10.8. The number of benzene rings is 1. The molecular formula is C20H17N5O4. The van der Waals surface area contributed by atoms with Crippen LogP contribution in [-0.2, 0) is 4.74 Å². The molecule has 4 rings (SSSR count). The van der Waals surface area contributed by atoms with Crippen molar-refractivity contribution in [2.45, 2.75) is 6.92 Å². The first-order chi connectivity index (χ1) is 14.1. The van der Waals surface area contributed by atoms with E-state index < -0.39 is 5.97 Å². The van der Waals surface area contributed by atoms with Crippen LogP contribution in [0.4, 0.5) is 0 Å². The number of carbonyl (C=O) groups is 1. The highest BCUT2D eigenvalue weighted by atomic mass is 16.5. The number of carbonyl (C=O) groups excluding carboxylic acids is 1. The third-order valence-electron chi connectivity index (χ3n) is 4.32. The molecule has 9 nitrogen and oxygen atoms in total. The summed E-state index contributed by atoms with van der Waals surface area (Å²) in [7, 11) is 1.32. The molecule has 0 spiro atoms. The summed E-state index contributed by atoms with van der Waals surface area (Å²) in [5.74, 6) is 0.439. The molecule has 2 N–H and O–H groups in total. The SMILES string of the molecule is CCOc1cc(-c2cncc(C(=O)OC)c2)ccc1-c1nc2[nH]cnc2c(=O)[nH]1.